The van der Waals surface area contributed by atoms with Gasteiger partial charge >= 0.3 is 0 Å². The highest BCUT2D eigenvalue weighted by atomic mass is 15.0. The van der Waals surface area contributed by atoms with E-state index in [1.807, 2.05) is 12.3 Å². The van der Waals surface area contributed by atoms with Crippen LogP contribution in [0.3, 0.4) is 0 Å². The quantitative estimate of drug-likeness (QED) is 0.725. The van der Waals surface area contributed by atoms with Gasteiger partial charge in [-0.05, 0) is 30.7 Å². The number of hydrogen-bond acceptors (Lipinski definition) is 3. The number of hydrogen-bond donors (Lipinski definition) is 2. The van der Waals surface area contributed by atoms with Gasteiger partial charge < -0.3 is 10.6 Å². The molecule has 0 radical (unpaired) electrons. The summed E-state index contributed by atoms with van der Waals surface area (Å²) in [6, 6.07) is 4.14. The van der Waals surface area contributed by atoms with E-state index in [1.165, 1.54) is 5.56 Å². The Bertz CT molecular complexity index is 237. The molecule has 0 unspecified atom stereocenters. The summed E-state index contributed by atoms with van der Waals surface area (Å²) in [5.41, 5.74) is 1.28. The second-order valence-corrected chi connectivity index (χ2v) is 3.26. The van der Waals surface area contributed by atoms with Gasteiger partial charge in [0, 0.05) is 19.3 Å². The molecule has 2 N–H and O–H groups in total. The summed E-state index contributed by atoms with van der Waals surface area (Å²) in [7, 11) is 0. The Balaban J connectivity index is 2.50. The third-order valence-corrected chi connectivity index (χ3v) is 1.96. The molecule has 0 spiro atoms. The van der Waals surface area contributed by atoms with Crippen molar-refractivity contribution in [3.05, 3.63) is 23.9 Å². The monoisotopic (exact) mass is 193 g/mol. The first-order valence-corrected chi connectivity index (χ1v) is 5.26. The van der Waals surface area contributed by atoms with Crippen molar-refractivity contribution in [1.29, 1.82) is 0 Å². The summed E-state index contributed by atoms with van der Waals surface area (Å²) >= 11 is 0. The van der Waals surface area contributed by atoms with E-state index < -0.39 is 0 Å². The number of pyridine rings is 1. The first kappa shape index (κ1) is 11.0. The number of anilines is 1. The molecule has 0 atom stereocenters. The fourth-order valence-electron chi connectivity index (χ4n) is 1.20. The molecular formula is C11H19N3. The summed E-state index contributed by atoms with van der Waals surface area (Å²) in [6.07, 6.45) is 2.98. The van der Waals surface area contributed by atoms with Crippen LogP contribution in [0.15, 0.2) is 18.3 Å². The molecule has 1 heterocycles. The van der Waals surface area contributed by atoms with Gasteiger partial charge in [0.25, 0.3) is 0 Å². The highest BCUT2D eigenvalue weighted by Crippen LogP contribution is 2.06. The minimum absolute atomic E-state index is 0.916. The van der Waals surface area contributed by atoms with Crippen molar-refractivity contribution in [2.45, 2.75) is 26.8 Å². The molecule has 0 amide bonds. The Hall–Kier alpha value is -1.09. The standard InChI is InChI=1S/C11H19N3/c1-3-6-13-11-8-10(5-7-14-11)9-12-4-2/h5,7-8,12H,3-4,6,9H2,1-2H3,(H,13,14). The molecule has 0 bridgehead atoms. The lowest BCUT2D eigenvalue weighted by atomic mass is 10.2. The van der Waals surface area contributed by atoms with E-state index in [-0.39, 0.29) is 0 Å². The molecular weight excluding hydrogens is 174 g/mol. The predicted molar refractivity (Wildman–Crippen MR) is 60.4 cm³/mol. The first-order valence-electron chi connectivity index (χ1n) is 5.26. The zero-order valence-corrected chi connectivity index (χ0v) is 9.01. The van der Waals surface area contributed by atoms with E-state index in [2.05, 4.69) is 35.5 Å². The molecule has 0 aliphatic carbocycles. The van der Waals surface area contributed by atoms with Gasteiger partial charge in [0.05, 0.1) is 0 Å². The minimum Gasteiger partial charge on any atom is -0.370 e. The van der Waals surface area contributed by atoms with Gasteiger partial charge in [-0.3, -0.25) is 0 Å². The second kappa shape index (κ2) is 6.38. The predicted octanol–water partition coefficient (Wildman–Crippen LogP) is 2.01. The molecule has 0 fully saturated rings. The normalized spacial score (nSPS) is 10.1. The average molecular weight is 193 g/mol. The lowest BCUT2D eigenvalue weighted by Gasteiger charge is -2.06. The van der Waals surface area contributed by atoms with Crippen LogP contribution in [-0.4, -0.2) is 18.1 Å². The molecule has 3 heteroatoms. The van der Waals surface area contributed by atoms with Gasteiger partial charge in [-0.1, -0.05) is 13.8 Å². The highest BCUT2D eigenvalue weighted by molar-refractivity contribution is 5.37. The molecule has 78 valence electrons. The third-order valence-electron chi connectivity index (χ3n) is 1.96. The highest BCUT2D eigenvalue weighted by Gasteiger charge is 1.95. The summed E-state index contributed by atoms with van der Waals surface area (Å²) in [5.74, 6) is 0.974. The zero-order chi connectivity index (χ0) is 10.2. The molecule has 14 heavy (non-hydrogen) atoms. The Morgan fingerprint density at radius 1 is 1.36 bits per heavy atom. The summed E-state index contributed by atoms with van der Waals surface area (Å²) in [6.45, 7) is 7.16. The Morgan fingerprint density at radius 2 is 2.21 bits per heavy atom. The minimum atomic E-state index is 0.916. The van der Waals surface area contributed by atoms with E-state index in [0.29, 0.717) is 0 Å². The summed E-state index contributed by atoms with van der Waals surface area (Å²) < 4.78 is 0. The second-order valence-electron chi connectivity index (χ2n) is 3.26. The molecule has 1 aromatic heterocycles. The topological polar surface area (TPSA) is 37.0 Å². The van der Waals surface area contributed by atoms with Crippen LogP contribution >= 0.6 is 0 Å². The third kappa shape index (κ3) is 3.75. The smallest absolute Gasteiger partial charge is 0.126 e. The summed E-state index contributed by atoms with van der Waals surface area (Å²) in [5, 5.41) is 6.56. The Labute approximate surface area is 85.9 Å². The van der Waals surface area contributed by atoms with Crippen molar-refractivity contribution in [2.24, 2.45) is 0 Å². The van der Waals surface area contributed by atoms with E-state index in [9.17, 15) is 0 Å². The van der Waals surface area contributed by atoms with Crippen LogP contribution in [0.1, 0.15) is 25.8 Å². The van der Waals surface area contributed by atoms with Gasteiger partial charge in [-0.25, -0.2) is 4.98 Å². The van der Waals surface area contributed by atoms with Crippen LogP contribution < -0.4 is 10.6 Å². The van der Waals surface area contributed by atoms with Crippen LogP contribution in [0.25, 0.3) is 0 Å². The maximum absolute atomic E-state index is 4.25. The van der Waals surface area contributed by atoms with Crippen molar-refractivity contribution in [3.8, 4) is 0 Å². The van der Waals surface area contributed by atoms with Crippen molar-refractivity contribution >= 4 is 5.82 Å². The SMILES string of the molecule is CCCNc1cc(CNCC)ccn1. The maximum atomic E-state index is 4.25. The fourth-order valence-corrected chi connectivity index (χ4v) is 1.20. The van der Waals surface area contributed by atoms with Gasteiger partial charge in [-0.2, -0.15) is 0 Å². The van der Waals surface area contributed by atoms with Crippen molar-refractivity contribution < 1.29 is 0 Å². The van der Waals surface area contributed by atoms with Crippen molar-refractivity contribution in [3.63, 3.8) is 0 Å². The van der Waals surface area contributed by atoms with Gasteiger partial charge in [0.15, 0.2) is 0 Å². The summed E-state index contributed by atoms with van der Waals surface area (Å²) in [4.78, 5) is 4.25. The largest absolute Gasteiger partial charge is 0.370 e. The molecule has 0 aliphatic heterocycles. The van der Waals surface area contributed by atoms with E-state index in [0.717, 1.165) is 31.9 Å². The average Bonchev–Trinajstić information content (AvgIpc) is 2.24. The van der Waals surface area contributed by atoms with Crippen LogP contribution in [0.5, 0.6) is 0 Å². The number of rotatable bonds is 6. The number of aromatic nitrogens is 1. The van der Waals surface area contributed by atoms with Crippen LogP contribution in [0.2, 0.25) is 0 Å². The van der Waals surface area contributed by atoms with Gasteiger partial charge in [-0.15, -0.1) is 0 Å². The van der Waals surface area contributed by atoms with Gasteiger partial charge in [0.2, 0.25) is 0 Å². The van der Waals surface area contributed by atoms with Crippen LogP contribution in [0.4, 0.5) is 5.82 Å². The maximum Gasteiger partial charge on any atom is 0.126 e. The molecule has 3 nitrogen and oxygen atoms in total. The molecule has 0 saturated heterocycles. The van der Waals surface area contributed by atoms with Crippen LogP contribution in [0, 0.1) is 0 Å². The van der Waals surface area contributed by atoms with Gasteiger partial charge in [0.1, 0.15) is 5.82 Å². The zero-order valence-electron chi connectivity index (χ0n) is 9.01. The molecule has 0 saturated carbocycles. The first-order chi connectivity index (χ1) is 6.86. The Morgan fingerprint density at radius 3 is 2.93 bits per heavy atom. The Kier molecular flexibility index (Phi) is 5.00. The molecule has 1 rings (SSSR count). The fraction of sp³-hybridized carbons (Fsp3) is 0.545. The molecule has 0 aromatic carbocycles. The lowest BCUT2D eigenvalue weighted by Crippen LogP contribution is -2.12. The molecule has 1 aromatic rings. The van der Waals surface area contributed by atoms with Crippen molar-refractivity contribution in [1.82, 2.24) is 10.3 Å². The van der Waals surface area contributed by atoms with Crippen molar-refractivity contribution in [2.75, 3.05) is 18.4 Å². The van der Waals surface area contributed by atoms with Crippen LogP contribution in [-0.2, 0) is 6.54 Å². The van der Waals surface area contributed by atoms with E-state index >= 15 is 0 Å². The molecule has 0 aliphatic rings. The van der Waals surface area contributed by atoms with E-state index in [4.69, 9.17) is 0 Å². The number of nitrogens with zero attached hydrogens (tertiary/aromatic N) is 1. The lowest BCUT2D eigenvalue weighted by molar-refractivity contribution is 0.726. The number of nitrogens with one attached hydrogen (secondary N) is 2. The van der Waals surface area contributed by atoms with E-state index in [1.54, 1.807) is 0 Å².